The third-order valence-electron chi connectivity index (χ3n) is 4.66. The Morgan fingerprint density at radius 1 is 1.21 bits per heavy atom. The van der Waals surface area contributed by atoms with Crippen LogP contribution in [0.5, 0.6) is 0 Å². The average Bonchev–Trinajstić information content (AvgIpc) is 2.64. The van der Waals surface area contributed by atoms with Gasteiger partial charge >= 0.3 is 6.09 Å². The summed E-state index contributed by atoms with van der Waals surface area (Å²) in [5.74, 6) is -0.210. The molecular weight excluding hydrogens is 382 g/mol. The van der Waals surface area contributed by atoms with Crippen LogP contribution in [-0.4, -0.2) is 57.6 Å². The molecule has 2 rings (SSSR count). The summed E-state index contributed by atoms with van der Waals surface area (Å²) in [6.45, 7) is 6.77. The number of rotatable bonds is 7. The van der Waals surface area contributed by atoms with Crippen molar-refractivity contribution in [3.63, 3.8) is 0 Å². The molecule has 0 atom stereocenters. The van der Waals surface area contributed by atoms with E-state index in [-0.39, 0.29) is 35.9 Å². The van der Waals surface area contributed by atoms with Crippen molar-refractivity contribution < 1.29 is 22.7 Å². The molecule has 2 N–H and O–H groups in total. The first kappa shape index (κ1) is 22.2. The van der Waals surface area contributed by atoms with Crippen molar-refractivity contribution in [2.24, 2.45) is 0 Å². The van der Waals surface area contributed by atoms with Gasteiger partial charge in [-0.2, -0.15) is 0 Å². The fourth-order valence-electron chi connectivity index (χ4n) is 3.09. The smallest absolute Gasteiger partial charge is 0.409 e. The van der Waals surface area contributed by atoms with Gasteiger partial charge in [-0.25, -0.2) is 17.9 Å². The third kappa shape index (κ3) is 6.20. The predicted molar refractivity (Wildman–Crippen MR) is 105 cm³/mol. The minimum absolute atomic E-state index is 0.0196. The summed E-state index contributed by atoms with van der Waals surface area (Å²) in [4.78, 5) is 25.7. The Kier molecular flexibility index (Phi) is 7.82. The number of nitrogens with zero attached hydrogens (tertiary/aromatic N) is 1. The molecular formula is C19H29N3O5S. The normalized spacial score (nSPS) is 15.3. The molecule has 1 aromatic rings. The third-order valence-corrected chi connectivity index (χ3v) is 6.27. The maximum atomic E-state index is 12.4. The molecule has 0 bridgehead atoms. The highest BCUT2D eigenvalue weighted by atomic mass is 32.2. The summed E-state index contributed by atoms with van der Waals surface area (Å²) in [5, 5.41) is 2.90. The summed E-state index contributed by atoms with van der Waals surface area (Å²) in [6, 6.07) is 5.22. The monoisotopic (exact) mass is 411 g/mol. The molecule has 0 aliphatic carbocycles. The number of ether oxygens (including phenoxy) is 1. The number of amides is 2. The van der Waals surface area contributed by atoms with Crippen LogP contribution in [0.2, 0.25) is 0 Å². The first-order chi connectivity index (χ1) is 13.2. The van der Waals surface area contributed by atoms with Gasteiger partial charge < -0.3 is 15.0 Å². The van der Waals surface area contributed by atoms with Crippen LogP contribution in [0.25, 0.3) is 0 Å². The van der Waals surface area contributed by atoms with Gasteiger partial charge in [0.1, 0.15) is 0 Å². The fraction of sp³-hybridized carbons (Fsp3) is 0.579. The molecule has 0 unspecified atom stereocenters. The maximum absolute atomic E-state index is 12.4. The van der Waals surface area contributed by atoms with Gasteiger partial charge in [-0.1, -0.05) is 12.1 Å². The minimum atomic E-state index is -3.65. The van der Waals surface area contributed by atoms with E-state index in [2.05, 4.69) is 10.0 Å². The van der Waals surface area contributed by atoms with Crippen LogP contribution in [0, 0.1) is 13.8 Å². The molecule has 0 aromatic heterocycles. The highest BCUT2D eigenvalue weighted by molar-refractivity contribution is 7.89. The first-order valence-electron chi connectivity index (χ1n) is 9.51. The Morgan fingerprint density at radius 3 is 2.54 bits per heavy atom. The Balaban J connectivity index is 1.76. The fourth-order valence-corrected chi connectivity index (χ4v) is 4.45. The lowest BCUT2D eigenvalue weighted by Gasteiger charge is -2.31. The van der Waals surface area contributed by atoms with Crippen LogP contribution in [0.15, 0.2) is 23.1 Å². The van der Waals surface area contributed by atoms with E-state index < -0.39 is 10.0 Å². The second-order valence-electron chi connectivity index (χ2n) is 6.94. The van der Waals surface area contributed by atoms with Gasteiger partial charge in [0.05, 0.1) is 11.5 Å². The Morgan fingerprint density at radius 2 is 1.89 bits per heavy atom. The summed E-state index contributed by atoms with van der Waals surface area (Å²) in [6.07, 6.45) is 1.04. The number of hydrogen-bond acceptors (Lipinski definition) is 5. The van der Waals surface area contributed by atoms with Crippen molar-refractivity contribution in [2.75, 3.05) is 26.2 Å². The lowest BCUT2D eigenvalue weighted by Crippen LogP contribution is -2.47. The van der Waals surface area contributed by atoms with Gasteiger partial charge in [0.25, 0.3) is 0 Å². The van der Waals surface area contributed by atoms with E-state index in [1.807, 2.05) is 13.0 Å². The zero-order valence-corrected chi connectivity index (χ0v) is 17.5. The van der Waals surface area contributed by atoms with Crippen LogP contribution < -0.4 is 10.0 Å². The summed E-state index contributed by atoms with van der Waals surface area (Å²) in [7, 11) is -3.65. The second-order valence-corrected chi connectivity index (χ2v) is 8.68. The van der Waals surface area contributed by atoms with Crippen molar-refractivity contribution in [2.45, 2.75) is 51.0 Å². The molecule has 1 heterocycles. The number of nitrogens with one attached hydrogen (secondary N) is 2. The molecule has 0 saturated carbocycles. The van der Waals surface area contributed by atoms with Crippen LogP contribution in [0.4, 0.5) is 4.79 Å². The highest BCUT2D eigenvalue weighted by Gasteiger charge is 2.24. The first-order valence-corrected chi connectivity index (χ1v) is 11.0. The molecule has 28 heavy (non-hydrogen) atoms. The number of likely N-dealkylation sites (tertiary alicyclic amines) is 1. The number of benzene rings is 1. The zero-order valence-electron chi connectivity index (χ0n) is 16.7. The number of hydrogen-bond donors (Lipinski definition) is 2. The molecule has 8 nitrogen and oxygen atoms in total. The Labute approximate surface area is 166 Å². The Hall–Kier alpha value is -2.13. The van der Waals surface area contributed by atoms with Gasteiger partial charge in [0, 0.05) is 32.1 Å². The second kappa shape index (κ2) is 9.88. The lowest BCUT2D eigenvalue weighted by molar-refractivity contribution is -0.121. The summed E-state index contributed by atoms with van der Waals surface area (Å²) in [5.41, 5.74) is 1.52. The number of carbonyl (C=O) groups excluding carboxylic acids is 2. The maximum Gasteiger partial charge on any atom is 0.409 e. The van der Waals surface area contributed by atoms with Crippen molar-refractivity contribution in [1.82, 2.24) is 14.9 Å². The van der Waals surface area contributed by atoms with Crippen molar-refractivity contribution in [3.05, 3.63) is 29.3 Å². The molecule has 1 saturated heterocycles. The molecule has 156 valence electrons. The topological polar surface area (TPSA) is 105 Å². The van der Waals surface area contributed by atoms with Crippen LogP contribution in [-0.2, 0) is 19.6 Å². The van der Waals surface area contributed by atoms with Gasteiger partial charge in [0.15, 0.2) is 0 Å². The molecule has 1 aliphatic heterocycles. The van der Waals surface area contributed by atoms with E-state index in [9.17, 15) is 18.0 Å². The standard InChI is InChI=1S/C19H29N3O5S/c1-4-27-19(24)22-11-8-16(9-12-22)21-18(23)7-10-20-28(25,26)17-13-14(2)5-6-15(17)3/h5-6,13,16,20H,4,7-12H2,1-3H3,(H,21,23). The largest absolute Gasteiger partial charge is 0.450 e. The molecule has 1 aliphatic rings. The average molecular weight is 412 g/mol. The van der Waals surface area contributed by atoms with E-state index >= 15 is 0 Å². The van der Waals surface area contributed by atoms with E-state index in [1.54, 1.807) is 30.9 Å². The Bertz CT molecular complexity index is 802. The zero-order chi connectivity index (χ0) is 20.7. The van der Waals surface area contributed by atoms with Gasteiger partial charge in [-0.3, -0.25) is 4.79 Å². The molecule has 0 spiro atoms. The van der Waals surface area contributed by atoms with Crippen LogP contribution in [0.3, 0.4) is 0 Å². The number of piperidine rings is 1. The van der Waals surface area contributed by atoms with E-state index in [4.69, 9.17) is 4.74 Å². The summed E-state index contributed by atoms with van der Waals surface area (Å²) >= 11 is 0. The molecule has 1 aromatic carbocycles. The van der Waals surface area contributed by atoms with Crippen molar-refractivity contribution >= 4 is 22.0 Å². The van der Waals surface area contributed by atoms with Crippen LogP contribution >= 0.6 is 0 Å². The number of aryl methyl sites for hydroxylation is 2. The van der Waals surface area contributed by atoms with E-state index in [1.165, 1.54) is 0 Å². The quantitative estimate of drug-likeness (QED) is 0.711. The SMILES string of the molecule is CCOC(=O)N1CCC(NC(=O)CCNS(=O)(=O)c2cc(C)ccc2C)CC1. The minimum Gasteiger partial charge on any atom is -0.450 e. The van der Waals surface area contributed by atoms with E-state index in [0.29, 0.717) is 38.1 Å². The molecule has 9 heteroatoms. The molecule has 2 amide bonds. The molecule has 0 radical (unpaired) electrons. The van der Waals surface area contributed by atoms with Gasteiger partial charge in [-0.05, 0) is 50.8 Å². The van der Waals surface area contributed by atoms with E-state index in [0.717, 1.165) is 5.56 Å². The van der Waals surface area contributed by atoms with Crippen LogP contribution in [0.1, 0.15) is 37.3 Å². The number of sulfonamides is 1. The predicted octanol–water partition coefficient (Wildman–Crippen LogP) is 1.71. The van der Waals surface area contributed by atoms with Crippen molar-refractivity contribution in [3.8, 4) is 0 Å². The lowest BCUT2D eigenvalue weighted by atomic mass is 10.1. The number of carbonyl (C=O) groups is 2. The molecule has 1 fully saturated rings. The van der Waals surface area contributed by atoms with Crippen molar-refractivity contribution in [1.29, 1.82) is 0 Å². The summed E-state index contributed by atoms with van der Waals surface area (Å²) < 4.78 is 32.3. The van der Waals surface area contributed by atoms with Gasteiger partial charge in [-0.15, -0.1) is 0 Å². The van der Waals surface area contributed by atoms with Gasteiger partial charge in [0.2, 0.25) is 15.9 Å². The highest BCUT2D eigenvalue weighted by Crippen LogP contribution is 2.16.